The predicted octanol–water partition coefficient (Wildman–Crippen LogP) is 5.01. The van der Waals surface area contributed by atoms with E-state index in [1.807, 2.05) is 12.1 Å². The summed E-state index contributed by atoms with van der Waals surface area (Å²) in [5.74, 6) is 1.85. The second-order valence-corrected chi connectivity index (χ2v) is 9.30. The number of nitrogens with zero attached hydrogens (tertiary/aromatic N) is 3. The first-order valence-corrected chi connectivity index (χ1v) is 12.2. The molecule has 180 valence electrons. The first-order valence-electron chi connectivity index (χ1n) is 11.4. The van der Waals surface area contributed by atoms with Crippen LogP contribution in [0.5, 0.6) is 5.75 Å². The van der Waals surface area contributed by atoms with Gasteiger partial charge in [0, 0.05) is 23.7 Å². The fraction of sp³-hybridized carbons (Fsp3) is 0.400. The van der Waals surface area contributed by atoms with Gasteiger partial charge in [0.05, 0.1) is 24.6 Å². The Balaban J connectivity index is 1.23. The third-order valence-corrected chi connectivity index (χ3v) is 6.52. The van der Waals surface area contributed by atoms with E-state index >= 15 is 0 Å². The molecule has 2 heterocycles. The maximum Gasteiger partial charge on any atom is 0.241 e. The van der Waals surface area contributed by atoms with E-state index in [2.05, 4.69) is 32.5 Å². The standard InChI is InChI=1S/C25H28Cl2N4O3/c1-33-20-9-6-17(7-10-20)4-2-12-28-25(32)18-5-3-13-31(15-18)16-23-29-24(30-34-23)21-11-8-19(26)14-22(21)27/h6-11,14,18H,2-5,12-13,15-16H2,1H3,(H,28,32). The van der Waals surface area contributed by atoms with Gasteiger partial charge in [-0.05, 0) is 68.1 Å². The number of carbonyl (C=O) groups excluding carboxylic acids is 1. The van der Waals surface area contributed by atoms with E-state index in [1.54, 1.807) is 25.3 Å². The van der Waals surface area contributed by atoms with Gasteiger partial charge in [0.15, 0.2) is 0 Å². The average molecular weight is 503 g/mol. The SMILES string of the molecule is COc1ccc(CCCNC(=O)C2CCCN(Cc3nc(-c4ccc(Cl)cc4Cl)no3)C2)cc1. The molecule has 0 spiro atoms. The summed E-state index contributed by atoms with van der Waals surface area (Å²) >= 11 is 12.2. The molecule has 1 unspecified atom stereocenters. The number of ether oxygens (including phenoxy) is 1. The molecule has 0 bridgehead atoms. The lowest BCUT2D eigenvalue weighted by Crippen LogP contribution is -2.43. The molecule has 34 heavy (non-hydrogen) atoms. The number of aryl methyl sites for hydroxylation is 1. The molecule has 1 aliphatic heterocycles. The molecule has 1 N–H and O–H groups in total. The highest BCUT2D eigenvalue weighted by Gasteiger charge is 2.26. The average Bonchev–Trinajstić information content (AvgIpc) is 3.30. The lowest BCUT2D eigenvalue weighted by atomic mass is 9.97. The van der Waals surface area contributed by atoms with Crippen molar-refractivity contribution < 1.29 is 14.1 Å². The van der Waals surface area contributed by atoms with E-state index in [0.717, 1.165) is 38.0 Å². The van der Waals surface area contributed by atoms with Gasteiger partial charge in [0.2, 0.25) is 17.6 Å². The molecule has 1 fully saturated rings. The topological polar surface area (TPSA) is 80.5 Å². The Kier molecular flexibility index (Phi) is 8.43. The Hall–Kier alpha value is -2.61. The summed E-state index contributed by atoms with van der Waals surface area (Å²) in [7, 11) is 1.66. The molecular weight excluding hydrogens is 475 g/mol. The Morgan fingerprint density at radius 1 is 1.24 bits per heavy atom. The van der Waals surface area contributed by atoms with Crippen LogP contribution in [0.4, 0.5) is 0 Å². The summed E-state index contributed by atoms with van der Waals surface area (Å²) in [6, 6.07) is 13.2. The van der Waals surface area contributed by atoms with Gasteiger partial charge in [-0.3, -0.25) is 9.69 Å². The molecule has 1 aliphatic rings. The number of benzene rings is 2. The third-order valence-electron chi connectivity index (χ3n) is 5.98. The molecule has 1 amide bonds. The highest BCUT2D eigenvalue weighted by molar-refractivity contribution is 6.36. The molecule has 1 atom stereocenters. The summed E-state index contributed by atoms with van der Waals surface area (Å²) in [5.41, 5.74) is 1.91. The Morgan fingerprint density at radius 3 is 2.82 bits per heavy atom. The molecule has 9 heteroatoms. The fourth-order valence-electron chi connectivity index (χ4n) is 4.14. The van der Waals surface area contributed by atoms with E-state index in [9.17, 15) is 4.79 Å². The quantitative estimate of drug-likeness (QED) is 0.414. The lowest BCUT2D eigenvalue weighted by molar-refractivity contribution is -0.126. The normalized spacial score (nSPS) is 16.4. The van der Waals surface area contributed by atoms with Gasteiger partial charge >= 0.3 is 0 Å². The van der Waals surface area contributed by atoms with Gasteiger partial charge in [0.1, 0.15) is 5.75 Å². The van der Waals surface area contributed by atoms with Gasteiger partial charge in [0.25, 0.3) is 0 Å². The summed E-state index contributed by atoms with van der Waals surface area (Å²) in [6.07, 6.45) is 3.65. The number of aromatic nitrogens is 2. The number of amides is 1. The number of hydrogen-bond acceptors (Lipinski definition) is 6. The van der Waals surface area contributed by atoms with Gasteiger partial charge in [-0.1, -0.05) is 40.5 Å². The zero-order valence-corrected chi connectivity index (χ0v) is 20.6. The number of nitrogens with one attached hydrogen (secondary N) is 1. The molecule has 0 saturated carbocycles. The van der Waals surface area contributed by atoms with Crippen molar-refractivity contribution in [2.75, 3.05) is 26.7 Å². The monoisotopic (exact) mass is 502 g/mol. The van der Waals surface area contributed by atoms with Crippen molar-refractivity contribution in [3.63, 3.8) is 0 Å². The number of methoxy groups -OCH3 is 1. The van der Waals surface area contributed by atoms with Crippen LogP contribution in [0.15, 0.2) is 47.0 Å². The van der Waals surface area contributed by atoms with Crippen LogP contribution in [0.25, 0.3) is 11.4 Å². The Labute approximate surface area is 209 Å². The molecule has 0 aliphatic carbocycles. The highest BCUT2D eigenvalue weighted by Crippen LogP contribution is 2.28. The lowest BCUT2D eigenvalue weighted by Gasteiger charge is -2.30. The second kappa shape index (κ2) is 11.7. The van der Waals surface area contributed by atoms with Crippen molar-refractivity contribution in [3.8, 4) is 17.1 Å². The van der Waals surface area contributed by atoms with Crippen LogP contribution in [0.1, 0.15) is 30.7 Å². The van der Waals surface area contributed by atoms with E-state index in [-0.39, 0.29) is 11.8 Å². The van der Waals surface area contributed by atoms with Crippen molar-refractivity contribution in [2.45, 2.75) is 32.2 Å². The van der Waals surface area contributed by atoms with Crippen molar-refractivity contribution in [1.82, 2.24) is 20.4 Å². The Morgan fingerprint density at radius 2 is 2.06 bits per heavy atom. The summed E-state index contributed by atoms with van der Waals surface area (Å²) in [6.45, 7) is 2.72. The molecule has 3 aromatic rings. The minimum absolute atomic E-state index is 0.0390. The number of rotatable bonds is 9. The Bertz CT molecular complexity index is 1100. The van der Waals surface area contributed by atoms with E-state index in [4.69, 9.17) is 32.5 Å². The number of carbonyl (C=O) groups is 1. The fourth-order valence-corrected chi connectivity index (χ4v) is 4.64. The molecule has 0 radical (unpaired) electrons. The molecular formula is C25H28Cl2N4O3. The molecule has 1 saturated heterocycles. The van der Waals surface area contributed by atoms with Crippen LogP contribution in [0, 0.1) is 5.92 Å². The maximum absolute atomic E-state index is 12.7. The van der Waals surface area contributed by atoms with Crippen LogP contribution in [0.2, 0.25) is 10.0 Å². The number of hydrogen-bond donors (Lipinski definition) is 1. The minimum atomic E-state index is -0.0390. The van der Waals surface area contributed by atoms with Crippen LogP contribution >= 0.6 is 23.2 Å². The zero-order valence-electron chi connectivity index (χ0n) is 19.1. The smallest absolute Gasteiger partial charge is 0.241 e. The van der Waals surface area contributed by atoms with Crippen LogP contribution in [0.3, 0.4) is 0 Å². The molecule has 2 aromatic carbocycles. The van der Waals surface area contributed by atoms with Crippen molar-refractivity contribution in [2.24, 2.45) is 5.92 Å². The van der Waals surface area contributed by atoms with Gasteiger partial charge < -0.3 is 14.6 Å². The van der Waals surface area contributed by atoms with Crippen LogP contribution in [-0.2, 0) is 17.8 Å². The van der Waals surface area contributed by atoms with E-state index in [1.165, 1.54) is 5.56 Å². The van der Waals surface area contributed by atoms with Crippen molar-refractivity contribution >= 4 is 29.1 Å². The zero-order chi connectivity index (χ0) is 23.9. The summed E-state index contributed by atoms with van der Waals surface area (Å²) in [5, 5.41) is 8.18. The predicted molar refractivity (Wildman–Crippen MR) is 132 cm³/mol. The first kappa shape index (κ1) is 24.5. The largest absolute Gasteiger partial charge is 0.497 e. The van der Waals surface area contributed by atoms with Crippen LogP contribution in [-0.4, -0.2) is 47.7 Å². The van der Waals surface area contributed by atoms with E-state index < -0.39 is 0 Å². The summed E-state index contributed by atoms with van der Waals surface area (Å²) in [4.78, 5) is 19.4. The van der Waals surface area contributed by atoms with Gasteiger partial charge in [-0.2, -0.15) is 4.98 Å². The molecule has 1 aromatic heterocycles. The third kappa shape index (κ3) is 6.50. The van der Waals surface area contributed by atoms with Gasteiger partial charge in [-0.25, -0.2) is 0 Å². The van der Waals surface area contributed by atoms with Gasteiger partial charge in [-0.15, -0.1) is 0 Å². The minimum Gasteiger partial charge on any atom is -0.497 e. The number of piperidine rings is 1. The molecule has 4 rings (SSSR count). The van der Waals surface area contributed by atoms with Crippen molar-refractivity contribution in [1.29, 1.82) is 0 Å². The number of halogens is 2. The second-order valence-electron chi connectivity index (χ2n) is 8.45. The highest BCUT2D eigenvalue weighted by atomic mass is 35.5. The van der Waals surface area contributed by atoms with Crippen LogP contribution < -0.4 is 10.1 Å². The van der Waals surface area contributed by atoms with Crippen molar-refractivity contribution in [3.05, 3.63) is 64.0 Å². The molecule has 7 nitrogen and oxygen atoms in total. The maximum atomic E-state index is 12.7. The summed E-state index contributed by atoms with van der Waals surface area (Å²) < 4.78 is 10.6. The first-order chi connectivity index (χ1) is 16.5. The number of likely N-dealkylation sites (tertiary alicyclic amines) is 1. The van der Waals surface area contributed by atoms with E-state index in [0.29, 0.717) is 47.0 Å².